The van der Waals surface area contributed by atoms with Gasteiger partial charge in [0.25, 0.3) is 0 Å². The van der Waals surface area contributed by atoms with Crippen molar-refractivity contribution in [1.29, 1.82) is 0 Å². The lowest BCUT2D eigenvalue weighted by Crippen LogP contribution is -2.46. The number of hydrogen-bond donors (Lipinski definition) is 3. The van der Waals surface area contributed by atoms with E-state index in [4.69, 9.17) is 5.11 Å². The fourth-order valence-electron chi connectivity index (χ4n) is 3.01. The number of carbonyl (C=O) groups excluding carboxylic acids is 1. The Labute approximate surface area is 159 Å². The lowest BCUT2D eigenvalue weighted by molar-refractivity contribution is -0.308. The highest BCUT2D eigenvalue weighted by Gasteiger charge is 2.12. The number of carboxylic acids is 2. The molecule has 0 saturated heterocycles. The summed E-state index contributed by atoms with van der Waals surface area (Å²) >= 11 is 0. The van der Waals surface area contributed by atoms with Crippen LogP contribution in [-0.2, 0) is 9.59 Å². The van der Waals surface area contributed by atoms with E-state index in [1.807, 2.05) is 0 Å². The van der Waals surface area contributed by atoms with Crippen molar-refractivity contribution in [2.24, 2.45) is 0 Å². The first-order valence-electron chi connectivity index (χ1n) is 10.2. The van der Waals surface area contributed by atoms with Gasteiger partial charge in [0.2, 0.25) is 0 Å². The van der Waals surface area contributed by atoms with Crippen molar-refractivity contribution < 1.29 is 19.8 Å². The predicted molar refractivity (Wildman–Crippen MR) is 105 cm³/mol. The molecule has 0 aliphatic carbocycles. The second kappa shape index (κ2) is 20.2. The molecule has 6 N–H and O–H groups in total. The zero-order valence-corrected chi connectivity index (χ0v) is 17.1. The van der Waals surface area contributed by atoms with Crippen LogP contribution in [0.2, 0.25) is 0 Å². The highest BCUT2D eigenvalue weighted by molar-refractivity contribution is 5.79. The largest absolute Gasteiger partial charge is 0.548 e. The summed E-state index contributed by atoms with van der Waals surface area (Å²) in [5, 5.41) is 22.2. The van der Waals surface area contributed by atoms with Crippen molar-refractivity contribution in [2.75, 3.05) is 6.54 Å². The molecule has 0 aromatic rings. The second-order valence-corrected chi connectivity index (χ2v) is 7.02. The molecule has 26 heavy (non-hydrogen) atoms. The van der Waals surface area contributed by atoms with Gasteiger partial charge < -0.3 is 26.5 Å². The molecule has 0 fully saturated rings. The lowest BCUT2D eigenvalue weighted by atomic mass is 10.0. The maximum atomic E-state index is 10.8. The summed E-state index contributed by atoms with van der Waals surface area (Å²) < 4.78 is 0. The van der Waals surface area contributed by atoms with E-state index in [-0.39, 0.29) is 6.15 Å². The summed E-state index contributed by atoms with van der Waals surface area (Å²) in [6.45, 7) is 2.78. The third kappa shape index (κ3) is 19.2. The van der Waals surface area contributed by atoms with Crippen LogP contribution < -0.4 is 16.6 Å². The van der Waals surface area contributed by atoms with E-state index >= 15 is 0 Å². The van der Waals surface area contributed by atoms with Gasteiger partial charge in [-0.3, -0.25) is 4.79 Å². The van der Waals surface area contributed by atoms with E-state index in [0.29, 0.717) is 6.54 Å². The molecule has 0 aromatic heterocycles. The van der Waals surface area contributed by atoms with Crippen molar-refractivity contribution in [3.63, 3.8) is 0 Å². The highest BCUT2D eigenvalue weighted by Crippen LogP contribution is 2.12. The molecule has 0 aliphatic heterocycles. The molecule has 6 nitrogen and oxygen atoms in total. The van der Waals surface area contributed by atoms with Gasteiger partial charge >= 0.3 is 5.97 Å². The molecule has 6 heteroatoms. The zero-order chi connectivity index (χ0) is 18.8. The normalized spacial score (nSPS) is 11.7. The van der Waals surface area contributed by atoms with Gasteiger partial charge in [0.15, 0.2) is 0 Å². The van der Waals surface area contributed by atoms with Crippen LogP contribution in [0.4, 0.5) is 0 Å². The number of aliphatic carboxylic acids is 2. The van der Waals surface area contributed by atoms with E-state index in [2.05, 4.69) is 12.2 Å². The molecular formula is C20H42N2O4. The van der Waals surface area contributed by atoms with Crippen LogP contribution in [0.1, 0.15) is 103 Å². The molecule has 0 amide bonds. The molecule has 0 radical (unpaired) electrons. The number of rotatable bonds is 19. The van der Waals surface area contributed by atoms with Gasteiger partial charge in [-0.2, -0.15) is 0 Å². The topological polar surface area (TPSA) is 126 Å². The Morgan fingerprint density at radius 3 is 1.54 bits per heavy atom. The Hall–Kier alpha value is -1.14. The van der Waals surface area contributed by atoms with Gasteiger partial charge in [0.1, 0.15) is 0 Å². The smallest absolute Gasteiger partial charge is 0.305 e. The molecule has 1 atom stereocenters. The number of unbranched alkanes of at least 4 members (excludes halogenated alkanes) is 13. The number of quaternary nitrogens is 1. The van der Waals surface area contributed by atoms with Gasteiger partial charge in [0, 0.05) is 0 Å². The number of nitrogens with one attached hydrogen (secondary N) is 1. The highest BCUT2D eigenvalue weighted by atomic mass is 16.4. The van der Waals surface area contributed by atoms with Crippen molar-refractivity contribution in [3.05, 3.63) is 0 Å². The third-order valence-corrected chi connectivity index (χ3v) is 4.58. The molecule has 0 unspecified atom stereocenters. The maximum absolute atomic E-state index is 10.8. The molecule has 0 saturated carbocycles. The first-order valence-corrected chi connectivity index (χ1v) is 10.2. The molecule has 0 rings (SSSR count). The molecule has 0 aliphatic rings. The Morgan fingerprint density at radius 1 is 0.808 bits per heavy atom. The fourth-order valence-corrected chi connectivity index (χ4v) is 3.01. The summed E-state index contributed by atoms with van der Waals surface area (Å²) in [6.07, 6.45) is 17.5. The molecule has 0 aromatic carbocycles. The van der Waals surface area contributed by atoms with Gasteiger partial charge in [-0.25, -0.2) is 0 Å². The second-order valence-electron chi connectivity index (χ2n) is 7.02. The van der Waals surface area contributed by atoms with Crippen LogP contribution in [0.25, 0.3) is 0 Å². The average Bonchev–Trinajstić information content (AvgIpc) is 2.56. The van der Waals surface area contributed by atoms with E-state index < -0.39 is 24.4 Å². The lowest BCUT2D eigenvalue weighted by Gasteiger charge is -2.17. The van der Waals surface area contributed by atoms with Crippen molar-refractivity contribution in [1.82, 2.24) is 11.5 Å². The summed E-state index contributed by atoms with van der Waals surface area (Å²) in [7, 11) is 0. The van der Waals surface area contributed by atoms with Gasteiger partial charge in [-0.1, -0.05) is 90.4 Å². The standard InChI is InChI=1S/C20H39NO4.H3N/c1-2-3-4-5-6-7-8-9-10-11-12-13-14-15-16-21-18(20(24)25)17-19(22)23;/h18,21H,2-17H2,1H3,(H,22,23)(H,24,25);1H3/t18-;/m0./s1. The zero-order valence-electron chi connectivity index (χ0n) is 17.1. The predicted octanol–water partition coefficient (Wildman–Crippen LogP) is 4.03. The minimum Gasteiger partial charge on any atom is -0.548 e. The van der Waals surface area contributed by atoms with Crippen molar-refractivity contribution >= 4 is 11.9 Å². The monoisotopic (exact) mass is 374 g/mol. The Balaban J connectivity index is 0. The average molecular weight is 375 g/mol. The SMILES string of the molecule is CCCCCCCCCCCCCCCCN[C@@H](CC(=O)O)C(=O)[O-].[NH4+]. The molecule has 156 valence electrons. The van der Waals surface area contributed by atoms with Crippen LogP contribution in [0, 0.1) is 0 Å². The van der Waals surface area contributed by atoms with E-state index in [1.165, 1.54) is 70.6 Å². The summed E-state index contributed by atoms with van der Waals surface area (Å²) in [6, 6.07) is -1.08. The van der Waals surface area contributed by atoms with Crippen LogP contribution in [0.5, 0.6) is 0 Å². The number of carbonyl (C=O) groups is 2. The summed E-state index contributed by atoms with van der Waals surface area (Å²) in [5.41, 5.74) is 0. The number of carboxylic acid groups (broad SMARTS) is 2. The number of hydrogen-bond acceptors (Lipinski definition) is 4. The third-order valence-electron chi connectivity index (χ3n) is 4.58. The Bertz CT molecular complexity index is 338. The Kier molecular flexibility index (Phi) is 21.0. The van der Waals surface area contributed by atoms with E-state index in [1.54, 1.807) is 0 Å². The summed E-state index contributed by atoms with van der Waals surface area (Å²) in [4.78, 5) is 21.3. The molecule has 0 heterocycles. The molecular weight excluding hydrogens is 332 g/mol. The van der Waals surface area contributed by atoms with Crippen LogP contribution in [0.3, 0.4) is 0 Å². The summed E-state index contributed by atoms with van der Waals surface area (Å²) in [5.74, 6) is -2.46. The first-order chi connectivity index (χ1) is 12.1. The van der Waals surface area contributed by atoms with Crippen LogP contribution in [-0.4, -0.2) is 29.6 Å². The van der Waals surface area contributed by atoms with Crippen molar-refractivity contribution in [3.8, 4) is 0 Å². The first kappa shape index (κ1) is 27.1. The van der Waals surface area contributed by atoms with E-state index in [0.717, 1.165) is 19.3 Å². The van der Waals surface area contributed by atoms with Crippen LogP contribution >= 0.6 is 0 Å². The van der Waals surface area contributed by atoms with Gasteiger partial charge in [0.05, 0.1) is 18.4 Å². The minimum atomic E-state index is -1.34. The van der Waals surface area contributed by atoms with Gasteiger partial charge in [-0.05, 0) is 13.0 Å². The van der Waals surface area contributed by atoms with E-state index in [9.17, 15) is 14.7 Å². The quantitative estimate of drug-likeness (QED) is 0.294. The maximum Gasteiger partial charge on any atom is 0.305 e. The molecule has 0 spiro atoms. The van der Waals surface area contributed by atoms with Gasteiger partial charge in [-0.15, -0.1) is 0 Å². The van der Waals surface area contributed by atoms with Crippen LogP contribution in [0.15, 0.2) is 0 Å². The fraction of sp³-hybridized carbons (Fsp3) is 0.900. The Morgan fingerprint density at radius 2 is 1.19 bits per heavy atom. The molecule has 0 bridgehead atoms. The minimum absolute atomic E-state index is 0. The van der Waals surface area contributed by atoms with Crippen molar-refractivity contribution in [2.45, 2.75) is 109 Å².